The highest BCUT2D eigenvalue weighted by Gasteiger charge is 2.40. The first-order valence-electron chi connectivity index (χ1n) is 14.1. The van der Waals surface area contributed by atoms with Gasteiger partial charge in [0, 0.05) is 30.9 Å². The van der Waals surface area contributed by atoms with Crippen LogP contribution in [0.2, 0.25) is 0 Å². The summed E-state index contributed by atoms with van der Waals surface area (Å²) in [6, 6.07) is 3.34. The third-order valence-corrected chi connectivity index (χ3v) is 7.80. The van der Waals surface area contributed by atoms with Gasteiger partial charge in [-0.25, -0.2) is 22.7 Å². The van der Waals surface area contributed by atoms with Gasteiger partial charge < -0.3 is 15.4 Å². The zero-order valence-corrected chi connectivity index (χ0v) is 23.0. The maximum absolute atomic E-state index is 14.1. The predicted octanol–water partition coefficient (Wildman–Crippen LogP) is 6.13. The fourth-order valence-corrected chi connectivity index (χ4v) is 5.52. The van der Waals surface area contributed by atoms with Crippen molar-refractivity contribution in [3.05, 3.63) is 59.3 Å². The molecule has 2 fully saturated rings. The second-order valence-electron chi connectivity index (χ2n) is 11.1. The first kappa shape index (κ1) is 29.7. The molecule has 2 saturated carbocycles. The Morgan fingerprint density at radius 3 is 2.43 bits per heavy atom. The molecule has 2 heterocycles. The summed E-state index contributed by atoms with van der Waals surface area (Å²) in [5.74, 6) is -5.26. The lowest BCUT2D eigenvalue weighted by molar-refractivity contribution is -0.122. The molecular formula is C29H32F5N5O3. The fourth-order valence-electron chi connectivity index (χ4n) is 5.52. The van der Waals surface area contributed by atoms with Crippen molar-refractivity contribution in [1.29, 1.82) is 0 Å². The zero-order valence-electron chi connectivity index (χ0n) is 23.0. The summed E-state index contributed by atoms with van der Waals surface area (Å²) >= 11 is 0. The summed E-state index contributed by atoms with van der Waals surface area (Å²) in [6.07, 6.45) is 5.80. The number of imidazole rings is 1. The number of ether oxygens (including phenoxy) is 1. The van der Waals surface area contributed by atoms with E-state index in [-0.39, 0.29) is 43.2 Å². The van der Waals surface area contributed by atoms with Crippen LogP contribution in [0.1, 0.15) is 92.0 Å². The van der Waals surface area contributed by atoms with Gasteiger partial charge >= 0.3 is 6.61 Å². The molecule has 2 aromatic heterocycles. The molecular weight excluding hydrogens is 561 g/mol. The van der Waals surface area contributed by atoms with Gasteiger partial charge in [-0.05, 0) is 67.7 Å². The van der Waals surface area contributed by atoms with Gasteiger partial charge in [0.05, 0.1) is 30.2 Å². The molecule has 0 radical (unpaired) electrons. The van der Waals surface area contributed by atoms with Crippen LogP contribution >= 0.6 is 0 Å². The Balaban J connectivity index is 1.44. The average Bonchev–Trinajstić information content (AvgIpc) is 3.67. The molecule has 2 aliphatic rings. The monoisotopic (exact) mass is 593 g/mol. The van der Waals surface area contributed by atoms with Gasteiger partial charge in [-0.15, -0.1) is 0 Å². The number of carbonyl (C=O) groups is 2. The average molecular weight is 594 g/mol. The zero-order chi connectivity index (χ0) is 30.0. The molecule has 3 aromatic rings. The van der Waals surface area contributed by atoms with Crippen molar-refractivity contribution in [2.24, 2.45) is 11.8 Å². The summed E-state index contributed by atoms with van der Waals surface area (Å²) in [7, 11) is 0. The topological polar surface area (TPSA) is 97.6 Å². The number of alkyl halides is 4. The lowest BCUT2D eigenvalue weighted by Crippen LogP contribution is -2.37. The highest BCUT2D eigenvalue weighted by Crippen LogP contribution is 2.43. The largest absolute Gasteiger partial charge is 0.435 e. The smallest absolute Gasteiger partial charge is 0.387 e. The second-order valence-corrected chi connectivity index (χ2v) is 11.1. The van der Waals surface area contributed by atoms with Crippen LogP contribution in [-0.2, 0) is 4.79 Å². The Bertz CT molecular complexity index is 1430. The third-order valence-electron chi connectivity index (χ3n) is 7.80. The third kappa shape index (κ3) is 7.16. The molecule has 0 saturated heterocycles. The molecule has 0 spiro atoms. The Morgan fingerprint density at radius 1 is 1.05 bits per heavy atom. The van der Waals surface area contributed by atoms with Crippen LogP contribution in [0.25, 0.3) is 5.65 Å². The van der Waals surface area contributed by atoms with Crippen LogP contribution in [0, 0.1) is 17.7 Å². The number of benzene rings is 1. The summed E-state index contributed by atoms with van der Waals surface area (Å²) in [5, 5.41) is 10.3. The van der Waals surface area contributed by atoms with Crippen LogP contribution in [0.3, 0.4) is 0 Å². The maximum Gasteiger partial charge on any atom is 0.387 e. The van der Waals surface area contributed by atoms with Gasteiger partial charge in [-0.1, -0.05) is 6.92 Å². The van der Waals surface area contributed by atoms with Gasteiger partial charge in [0.15, 0.2) is 5.65 Å². The fraction of sp³-hybridized carbons (Fsp3) is 0.517. The van der Waals surface area contributed by atoms with Crippen molar-refractivity contribution < 1.29 is 36.3 Å². The van der Waals surface area contributed by atoms with E-state index in [1.54, 1.807) is 18.5 Å². The van der Waals surface area contributed by atoms with Gasteiger partial charge in [-0.2, -0.15) is 13.9 Å². The molecule has 0 aliphatic heterocycles. The molecule has 42 heavy (non-hydrogen) atoms. The molecule has 226 valence electrons. The van der Waals surface area contributed by atoms with Crippen molar-refractivity contribution in [1.82, 2.24) is 25.2 Å². The number of hydrogen-bond donors (Lipinski definition) is 2. The number of nitrogens with one attached hydrogen (secondary N) is 2. The Morgan fingerprint density at radius 2 is 1.76 bits per heavy atom. The quantitative estimate of drug-likeness (QED) is 0.261. The first-order chi connectivity index (χ1) is 20.0. The molecule has 0 unspecified atom stereocenters. The lowest BCUT2D eigenvalue weighted by Gasteiger charge is -2.33. The van der Waals surface area contributed by atoms with Crippen LogP contribution in [-0.4, -0.2) is 38.9 Å². The first-order valence-corrected chi connectivity index (χ1v) is 14.1. The van der Waals surface area contributed by atoms with Crippen molar-refractivity contribution in [2.45, 2.75) is 82.9 Å². The summed E-state index contributed by atoms with van der Waals surface area (Å²) in [6.45, 7) is -1.28. The molecule has 0 bridgehead atoms. The minimum Gasteiger partial charge on any atom is -0.435 e. The number of amides is 2. The van der Waals surface area contributed by atoms with Crippen molar-refractivity contribution >= 4 is 17.5 Å². The SMILES string of the molecule is CCCC(=O)N[C@@H](c1cnn2cc([C@@H](NC(=O)c3cc(F)cc(OC(F)F)c3)C3CCC(F)(F)CC3)nc2c1)C1CC1. The van der Waals surface area contributed by atoms with E-state index in [2.05, 4.69) is 25.5 Å². The Hall–Kier alpha value is -3.77. The van der Waals surface area contributed by atoms with Crippen LogP contribution < -0.4 is 15.4 Å². The molecule has 8 nitrogen and oxygen atoms in total. The molecule has 13 heteroatoms. The molecule has 1 aromatic carbocycles. The summed E-state index contributed by atoms with van der Waals surface area (Å²) in [4.78, 5) is 30.2. The van der Waals surface area contributed by atoms with E-state index in [0.29, 0.717) is 23.7 Å². The predicted molar refractivity (Wildman–Crippen MR) is 142 cm³/mol. The Labute approximate surface area is 239 Å². The van der Waals surface area contributed by atoms with Gasteiger partial charge in [0.25, 0.3) is 5.91 Å². The second kappa shape index (κ2) is 12.2. The van der Waals surface area contributed by atoms with Crippen molar-refractivity contribution in [3.8, 4) is 5.75 Å². The molecule has 2 N–H and O–H groups in total. The van der Waals surface area contributed by atoms with Gasteiger partial charge in [-0.3, -0.25) is 9.59 Å². The van der Waals surface area contributed by atoms with Crippen LogP contribution in [0.4, 0.5) is 22.0 Å². The van der Waals surface area contributed by atoms with Crippen molar-refractivity contribution in [3.63, 3.8) is 0 Å². The minimum absolute atomic E-state index is 0.0466. The minimum atomic E-state index is -3.21. The van der Waals surface area contributed by atoms with Gasteiger partial charge in [0.1, 0.15) is 11.6 Å². The van der Waals surface area contributed by atoms with E-state index in [1.807, 2.05) is 6.92 Å². The Kier molecular flexibility index (Phi) is 8.65. The van der Waals surface area contributed by atoms with Gasteiger partial charge in [0.2, 0.25) is 11.8 Å². The molecule has 2 aliphatic carbocycles. The number of hydrogen-bond acceptors (Lipinski definition) is 5. The summed E-state index contributed by atoms with van der Waals surface area (Å²) < 4.78 is 73.3. The molecule has 5 rings (SSSR count). The lowest BCUT2D eigenvalue weighted by atomic mass is 9.81. The molecule has 2 atom stereocenters. The van der Waals surface area contributed by atoms with E-state index in [9.17, 15) is 31.5 Å². The van der Waals surface area contributed by atoms with E-state index in [0.717, 1.165) is 43.0 Å². The van der Waals surface area contributed by atoms with Crippen LogP contribution in [0.5, 0.6) is 5.75 Å². The number of carbonyl (C=O) groups excluding carboxylic acids is 2. The van der Waals surface area contributed by atoms with E-state index in [4.69, 9.17) is 0 Å². The van der Waals surface area contributed by atoms with E-state index < -0.39 is 42.0 Å². The highest BCUT2D eigenvalue weighted by atomic mass is 19.3. The van der Waals surface area contributed by atoms with Crippen molar-refractivity contribution in [2.75, 3.05) is 0 Å². The van der Waals surface area contributed by atoms with E-state index >= 15 is 0 Å². The molecule has 2 amide bonds. The van der Waals surface area contributed by atoms with E-state index in [1.165, 1.54) is 4.52 Å². The number of nitrogens with zero attached hydrogens (tertiary/aromatic N) is 3. The number of rotatable bonds is 11. The highest BCUT2D eigenvalue weighted by molar-refractivity contribution is 5.94. The summed E-state index contributed by atoms with van der Waals surface area (Å²) in [5.41, 5.74) is 1.32. The van der Waals surface area contributed by atoms with Crippen LogP contribution in [0.15, 0.2) is 36.7 Å². The normalized spacial score (nSPS) is 18.5. The standard InChI is InChI=1S/C29H32F5N5O3/c1-2-3-24(40)37-25(16-4-5-16)19-12-23-36-22(15-39(23)35-14-19)26(17-6-8-29(33,34)9-7-17)38-27(41)18-10-20(30)13-21(11-18)42-28(31)32/h10-17,25-26,28H,2-9H2,1H3,(H,37,40)(H,38,41)/t25-,26+/m1/s1. The number of halogens is 5. The number of fused-ring (bicyclic) bond motifs is 1. The maximum atomic E-state index is 14.1. The number of aromatic nitrogens is 3.